The summed E-state index contributed by atoms with van der Waals surface area (Å²) in [5.74, 6) is 0.815. The number of aryl methyl sites for hydroxylation is 1. The van der Waals surface area contributed by atoms with Gasteiger partial charge in [-0.05, 0) is 44.2 Å². The Labute approximate surface area is 119 Å². The Kier molecular flexibility index (Phi) is 7.81. The fourth-order valence-corrected chi connectivity index (χ4v) is 3.05. The molecule has 1 aromatic carbocycles. The average Bonchev–Trinajstić information content (AvgIpc) is 2.38. The highest BCUT2D eigenvalue weighted by Gasteiger charge is 2.19. The fourth-order valence-electron chi connectivity index (χ4n) is 3.05. The standard InChI is InChI=1S/C18H31N/c1-5-9-17(10-6-2)18(19-7-3)14-16-12-8-11-15(4)13-16/h8,11-13,17-19H,5-7,9-10,14H2,1-4H3. The maximum atomic E-state index is 3.72. The van der Waals surface area contributed by atoms with Gasteiger partial charge in [-0.1, -0.05) is 63.4 Å². The smallest absolute Gasteiger partial charge is 0.0136 e. The maximum Gasteiger partial charge on any atom is 0.0136 e. The first-order valence-corrected chi connectivity index (χ1v) is 8.00. The molecule has 0 saturated carbocycles. The SMILES string of the molecule is CCCC(CCC)C(Cc1cccc(C)c1)NCC. The predicted octanol–water partition coefficient (Wildman–Crippen LogP) is 4.73. The Balaban J connectivity index is 2.74. The zero-order valence-corrected chi connectivity index (χ0v) is 13.2. The normalized spacial score (nSPS) is 12.9. The Hall–Kier alpha value is -0.820. The molecule has 0 spiro atoms. The summed E-state index contributed by atoms with van der Waals surface area (Å²) in [6.07, 6.45) is 6.44. The fraction of sp³-hybridized carbons (Fsp3) is 0.667. The van der Waals surface area contributed by atoms with Crippen molar-refractivity contribution in [3.8, 4) is 0 Å². The largest absolute Gasteiger partial charge is 0.314 e. The minimum absolute atomic E-state index is 0.631. The lowest BCUT2D eigenvalue weighted by molar-refractivity contribution is 0.312. The summed E-state index contributed by atoms with van der Waals surface area (Å²) in [5, 5.41) is 3.72. The molecular weight excluding hydrogens is 230 g/mol. The molecule has 0 amide bonds. The van der Waals surface area contributed by atoms with Crippen molar-refractivity contribution in [2.24, 2.45) is 5.92 Å². The van der Waals surface area contributed by atoms with E-state index in [1.165, 1.54) is 43.2 Å². The topological polar surface area (TPSA) is 12.0 Å². The second-order valence-electron chi connectivity index (χ2n) is 5.69. The Morgan fingerprint density at radius 1 is 1.05 bits per heavy atom. The van der Waals surface area contributed by atoms with E-state index in [-0.39, 0.29) is 0 Å². The van der Waals surface area contributed by atoms with Gasteiger partial charge in [0, 0.05) is 6.04 Å². The third kappa shape index (κ3) is 5.78. The number of benzene rings is 1. The maximum absolute atomic E-state index is 3.72. The summed E-state index contributed by atoms with van der Waals surface area (Å²) in [6, 6.07) is 9.60. The van der Waals surface area contributed by atoms with Crippen molar-refractivity contribution in [2.45, 2.75) is 65.8 Å². The van der Waals surface area contributed by atoms with Gasteiger partial charge in [0.15, 0.2) is 0 Å². The molecule has 0 aliphatic carbocycles. The van der Waals surface area contributed by atoms with Crippen LogP contribution >= 0.6 is 0 Å². The van der Waals surface area contributed by atoms with E-state index >= 15 is 0 Å². The van der Waals surface area contributed by atoms with Crippen LogP contribution in [0.3, 0.4) is 0 Å². The predicted molar refractivity (Wildman–Crippen MR) is 85.7 cm³/mol. The average molecular weight is 261 g/mol. The molecule has 1 N–H and O–H groups in total. The second kappa shape index (κ2) is 9.14. The van der Waals surface area contributed by atoms with E-state index in [1.54, 1.807) is 0 Å². The highest BCUT2D eigenvalue weighted by molar-refractivity contribution is 5.23. The van der Waals surface area contributed by atoms with Crippen LogP contribution < -0.4 is 5.32 Å². The highest BCUT2D eigenvalue weighted by atomic mass is 14.9. The van der Waals surface area contributed by atoms with Gasteiger partial charge < -0.3 is 5.32 Å². The van der Waals surface area contributed by atoms with Crippen molar-refractivity contribution >= 4 is 0 Å². The highest BCUT2D eigenvalue weighted by Crippen LogP contribution is 2.21. The van der Waals surface area contributed by atoms with Crippen LogP contribution in [0.2, 0.25) is 0 Å². The lowest BCUT2D eigenvalue weighted by Gasteiger charge is -2.28. The van der Waals surface area contributed by atoms with Gasteiger partial charge in [-0.25, -0.2) is 0 Å². The first-order chi connectivity index (χ1) is 9.21. The monoisotopic (exact) mass is 261 g/mol. The van der Waals surface area contributed by atoms with Gasteiger partial charge in [0.25, 0.3) is 0 Å². The van der Waals surface area contributed by atoms with Crippen LogP contribution in [-0.4, -0.2) is 12.6 Å². The Morgan fingerprint density at radius 3 is 2.26 bits per heavy atom. The molecule has 1 rings (SSSR count). The van der Waals surface area contributed by atoms with E-state index < -0.39 is 0 Å². The number of likely N-dealkylation sites (N-methyl/N-ethyl adjacent to an activating group) is 1. The molecule has 108 valence electrons. The third-order valence-electron chi connectivity index (χ3n) is 3.89. The van der Waals surface area contributed by atoms with Crippen LogP contribution in [0.1, 0.15) is 57.6 Å². The van der Waals surface area contributed by atoms with Gasteiger partial charge in [0.1, 0.15) is 0 Å². The molecule has 0 fully saturated rings. The van der Waals surface area contributed by atoms with E-state index in [9.17, 15) is 0 Å². The van der Waals surface area contributed by atoms with Gasteiger partial charge in [-0.15, -0.1) is 0 Å². The molecule has 1 unspecified atom stereocenters. The van der Waals surface area contributed by atoms with Gasteiger partial charge in [0.05, 0.1) is 0 Å². The molecular formula is C18H31N. The summed E-state index contributed by atoms with van der Waals surface area (Å²) >= 11 is 0. The van der Waals surface area contributed by atoms with E-state index in [1.807, 2.05) is 0 Å². The van der Waals surface area contributed by atoms with E-state index in [4.69, 9.17) is 0 Å². The van der Waals surface area contributed by atoms with Gasteiger partial charge in [-0.3, -0.25) is 0 Å². The lowest BCUT2D eigenvalue weighted by atomic mass is 9.86. The van der Waals surface area contributed by atoms with Gasteiger partial charge in [0.2, 0.25) is 0 Å². The zero-order valence-electron chi connectivity index (χ0n) is 13.2. The second-order valence-corrected chi connectivity index (χ2v) is 5.69. The summed E-state index contributed by atoms with van der Waals surface area (Å²) in [6.45, 7) is 10.1. The van der Waals surface area contributed by atoms with Crippen LogP contribution in [-0.2, 0) is 6.42 Å². The van der Waals surface area contributed by atoms with Gasteiger partial charge in [-0.2, -0.15) is 0 Å². The third-order valence-corrected chi connectivity index (χ3v) is 3.89. The molecule has 0 heterocycles. The molecule has 1 heteroatoms. The van der Waals surface area contributed by atoms with Crippen molar-refractivity contribution in [1.29, 1.82) is 0 Å². The summed E-state index contributed by atoms with van der Waals surface area (Å²) in [5.41, 5.74) is 2.85. The van der Waals surface area contributed by atoms with Crippen LogP contribution in [0.4, 0.5) is 0 Å². The molecule has 0 aliphatic heterocycles. The number of hydrogen-bond donors (Lipinski definition) is 1. The molecule has 0 aromatic heterocycles. The van der Waals surface area contributed by atoms with Crippen LogP contribution in [0.5, 0.6) is 0 Å². The molecule has 0 radical (unpaired) electrons. The van der Waals surface area contributed by atoms with Crippen molar-refractivity contribution in [3.05, 3.63) is 35.4 Å². The van der Waals surface area contributed by atoms with E-state index in [2.05, 4.69) is 57.3 Å². The Bertz CT molecular complexity index is 339. The molecule has 0 bridgehead atoms. The molecule has 1 aromatic rings. The number of hydrogen-bond acceptors (Lipinski definition) is 1. The Morgan fingerprint density at radius 2 is 1.74 bits per heavy atom. The van der Waals surface area contributed by atoms with E-state index in [0.717, 1.165) is 12.5 Å². The molecule has 1 nitrogen and oxygen atoms in total. The summed E-state index contributed by atoms with van der Waals surface area (Å²) in [7, 11) is 0. The molecule has 1 atom stereocenters. The zero-order chi connectivity index (χ0) is 14.1. The number of rotatable bonds is 9. The van der Waals surface area contributed by atoms with Crippen molar-refractivity contribution in [3.63, 3.8) is 0 Å². The van der Waals surface area contributed by atoms with Crippen molar-refractivity contribution in [2.75, 3.05) is 6.54 Å². The minimum Gasteiger partial charge on any atom is -0.314 e. The summed E-state index contributed by atoms with van der Waals surface area (Å²) in [4.78, 5) is 0. The molecule has 0 aliphatic rings. The van der Waals surface area contributed by atoms with E-state index in [0.29, 0.717) is 6.04 Å². The molecule has 19 heavy (non-hydrogen) atoms. The van der Waals surface area contributed by atoms with Gasteiger partial charge >= 0.3 is 0 Å². The molecule has 0 saturated heterocycles. The minimum atomic E-state index is 0.631. The van der Waals surface area contributed by atoms with Crippen molar-refractivity contribution in [1.82, 2.24) is 5.32 Å². The quantitative estimate of drug-likeness (QED) is 0.677. The van der Waals surface area contributed by atoms with Crippen LogP contribution in [0.15, 0.2) is 24.3 Å². The first kappa shape index (κ1) is 16.2. The van der Waals surface area contributed by atoms with Crippen LogP contribution in [0, 0.1) is 12.8 Å². The van der Waals surface area contributed by atoms with Crippen molar-refractivity contribution < 1.29 is 0 Å². The summed E-state index contributed by atoms with van der Waals surface area (Å²) < 4.78 is 0. The lowest BCUT2D eigenvalue weighted by Crippen LogP contribution is -2.38. The van der Waals surface area contributed by atoms with Crippen LogP contribution in [0.25, 0.3) is 0 Å². The number of nitrogens with one attached hydrogen (secondary N) is 1. The first-order valence-electron chi connectivity index (χ1n) is 8.00.